The molecule has 0 amide bonds. The Labute approximate surface area is 74.5 Å². The van der Waals surface area contributed by atoms with Gasteiger partial charge in [0, 0.05) is 0 Å². The molecule has 0 fully saturated rings. The monoisotopic (exact) mass is 212 g/mol. The Morgan fingerprint density at radius 1 is 1.31 bits per heavy atom. The molecule has 0 saturated heterocycles. The molecule has 0 aromatic heterocycles. The summed E-state index contributed by atoms with van der Waals surface area (Å²) < 4.78 is 23.0. The van der Waals surface area contributed by atoms with E-state index in [1.165, 1.54) is 0 Å². The lowest BCUT2D eigenvalue weighted by molar-refractivity contribution is -0.144. The van der Waals surface area contributed by atoms with Gasteiger partial charge in [-0.15, -0.1) is 0 Å². The minimum Gasteiger partial charge on any atom is -0.464 e. The van der Waals surface area contributed by atoms with Gasteiger partial charge >= 0.3 is 8.25 Å². The number of ether oxygens (including phenoxy) is 2. The molecule has 0 bridgehead atoms. The van der Waals surface area contributed by atoms with Gasteiger partial charge in [0.1, 0.15) is 6.61 Å². The quantitative estimate of drug-likeness (QED) is 0.411. The van der Waals surface area contributed by atoms with Gasteiger partial charge in [0.25, 0.3) is 12.9 Å². The summed E-state index contributed by atoms with van der Waals surface area (Å²) in [4.78, 5) is 27.9. The molecule has 8 heteroatoms. The maximum atomic E-state index is 10.1. The van der Waals surface area contributed by atoms with Gasteiger partial charge in [-0.2, -0.15) is 0 Å². The van der Waals surface area contributed by atoms with Gasteiger partial charge in [-0.3, -0.25) is 14.2 Å². The van der Waals surface area contributed by atoms with Crippen LogP contribution in [0.1, 0.15) is 0 Å². The first-order chi connectivity index (χ1) is 6.20. The third-order valence-corrected chi connectivity index (χ3v) is 1.40. The fraction of sp³-hybridized carbons (Fsp3) is 0.600. The summed E-state index contributed by atoms with van der Waals surface area (Å²) in [5, 5.41) is 0. The number of hydrogen-bond acceptors (Lipinski definition) is 6. The zero-order chi connectivity index (χ0) is 10.1. The van der Waals surface area contributed by atoms with E-state index < -0.39 is 14.4 Å². The average Bonchev–Trinajstić information content (AvgIpc) is 2.09. The van der Waals surface area contributed by atoms with Crippen LogP contribution in [0, 0.1) is 0 Å². The Hall–Kier alpha value is -0.910. The highest BCUT2D eigenvalue weighted by atomic mass is 31.1. The highest BCUT2D eigenvalue weighted by molar-refractivity contribution is 7.32. The fourth-order valence-electron chi connectivity index (χ4n) is 0.516. The molecule has 0 aliphatic heterocycles. The predicted molar refractivity (Wildman–Crippen MR) is 40.1 cm³/mol. The van der Waals surface area contributed by atoms with E-state index in [-0.39, 0.29) is 26.2 Å². The van der Waals surface area contributed by atoms with Crippen molar-refractivity contribution < 1.29 is 33.0 Å². The van der Waals surface area contributed by atoms with E-state index in [0.717, 1.165) is 0 Å². The Morgan fingerprint density at radius 3 is 2.46 bits per heavy atom. The Bertz CT molecular complexity index is 182. The third kappa shape index (κ3) is 7.45. The van der Waals surface area contributed by atoms with Crippen LogP contribution in [0.3, 0.4) is 0 Å². The molecule has 0 spiro atoms. The molecule has 2 atom stereocenters. The van der Waals surface area contributed by atoms with E-state index in [9.17, 15) is 14.2 Å². The normalized spacial score (nSPS) is 14.2. The van der Waals surface area contributed by atoms with E-state index in [4.69, 9.17) is 4.89 Å². The van der Waals surface area contributed by atoms with Crippen molar-refractivity contribution in [1.29, 1.82) is 0 Å². The van der Waals surface area contributed by atoms with Crippen LogP contribution in [0.4, 0.5) is 0 Å². The number of rotatable bonds is 8. The van der Waals surface area contributed by atoms with Gasteiger partial charge in [0.05, 0.1) is 6.61 Å². The van der Waals surface area contributed by atoms with Crippen LogP contribution in [0.5, 0.6) is 0 Å². The molecule has 1 N–H and O–H groups in total. The molecule has 0 radical (unpaired) electrons. The summed E-state index contributed by atoms with van der Waals surface area (Å²) in [7, 11) is -3.06. The zero-order valence-corrected chi connectivity index (χ0v) is 7.54. The van der Waals surface area contributed by atoms with Crippen molar-refractivity contribution in [3.63, 3.8) is 0 Å². The van der Waals surface area contributed by atoms with Crippen LogP contribution in [0.2, 0.25) is 0 Å². The molecule has 0 heterocycles. The number of carbonyl (C=O) groups excluding carboxylic acids is 2. The van der Waals surface area contributed by atoms with Crippen LogP contribution >= 0.6 is 8.25 Å². The van der Waals surface area contributed by atoms with Gasteiger partial charge in [0.2, 0.25) is 0 Å². The second-order valence-electron chi connectivity index (χ2n) is 1.86. The van der Waals surface area contributed by atoms with Gasteiger partial charge in [0.15, 0.2) is 6.10 Å². The van der Waals surface area contributed by atoms with Crippen LogP contribution in [0.25, 0.3) is 0 Å². The molecule has 0 rings (SSSR count). The molecule has 0 aliphatic carbocycles. The van der Waals surface area contributed by atoms with E-state index in [2.05, 4.69) is 14.0 Å². The summed E-state index contributed by atoms with van der Waals surface area (Å²) >= 11 is 0. The van der Waals surface area contributed by atoms with Crippen molar-refractivity contribution >= 4 is 21.2 Å². The Kier molecular flexibility index (Phi) is 7.18. The maximum absolute atomic E-state index is 10.1. The van der Waals surface area contributed by atoms with Crippen molar-refractivity contribution in [3.8, 4) is 0 Å². The Balaban J connectivity index is 3.71. The van der Waals surface area contributed by atoms with Gasteiger partial charge in [-0.1, -0.05) is 0 Å². The zero-order valence-electron chi connectivity index (χ0n) is 6.54. The van der Waals surface area contributed by atoms with Crippen molar-refractivity contribution in [2.45, 2.75) is 6.10 Å². The fourth-order valence-corrected chi connectivity index (χ4v) is 0.845. The average molecular weight is 212 g/mol. The molecule has 13 heavy (non-hydrogen) atoms. The lowest BCUT2D eigenvalue weighted by Gasteiger charge is -2.12. The van der Waals surface area contributed by atoms with Crippen LogP contribution in [-0.4, -0.2) is 37.2 Å². The van der Waals surface area contributed by atoms with E-state index in [1.807, 2.05) is 0 Å². The summed E-state index contributed by atoms with van der Waals surface area (Å²) in [6, 6.07) is 0. The highest BCUT2D eigenvalue weighted by Gasteiger charge is 2.11. The summed E-state index contributed by atoms with van der Waals surface area (Å²) in [6.45, 7) is -0.196. The first-order valence-electron chi connectivity index (χ1n) is 3.20. The summed E-state index contributed by atoms with van der Waals surface area (Å²) in [5.41, 5.74) is 0. The first-order valence-corrected chi connectivity index (χ1v) is 4.47. The summed E-state index contributed by atoms with van der Waals surface area (Å²) in [6.07, 6.45) is -0.858. The van der Waals surface area contributed by atoms with Gasteiger partial charge in [-0.25, -0.2) is 0 Å². The SMILES string of the molecule is O=COCC(CO[PH](=O)O)OC=O. The molecule has 7 nitrogen and oxygen atoms in total. The molecule has 2 unspecified atom stereocenters. The molecular formula is C5H9O7P. The van der Waals surface area contributed by atoms with Gasteiger partial charge in [-0.05, 0) is 0 Å². The highest BCUT2D eigenvalue weighted by Crippen LogP contribution is 2.14. The van der Waals surface area contributed by atoms with Crippen LogP contribution < -0.4 is 0 Å². The lowest BCUT2D eigenvalue weighted by atomic mass is 10.4. The number of hydrogen-bond donors (Lipinski definition) is 1. The summed E-state index contributed by atoms with van der Waals surface area (Å²) in [5.74, 6) is 0. The second kappa shape index (κ2) is 7.72. The van der Waals surface area contributed by atoms with Crippen LogP contribution in [-0.2, 0) is 28.2 Å². The standard InChI is InChI=1S/C5H9O7P/c6-3-10-1-5(11-4-7)2-12-13(8)9/h3-5,13H,1-2H2,(H,8,9). The third-order valence-electron chi connectivity index (χ3n) is 0.991. The van der Waals surface area contributed by atoms with E-state index in [1.54, 1.807) is 0 Å². The van der Waals surface area contributed by atoms with Crippen molar-refractivity contribution in [1.82, 2.24) is 0 Å². The predicted octanol–water partition coefficient (Wildman–Crippen LogP) is -0.900. The lowest BCUT2D eigenvalue weighted by Crippen LogP contribution is -2.23. The largest absolute Gasteiger partial charge is 0.464 e. The molecule has 0 saturated carbocycles. The van der Waals surface area contributed by atoms with Crippen molar-refractivity contribution in [2.75, 3.05) is 13.2 Å². The molecular weight excluding hydrogens is 203 g/mol. The minimum absolute atomic E-state index is 0.136. The van der Waals surface area contributed by atoms with E-state index in [0.29, 0.717) is 0 Å². The van der Waals surface area contributed by atoms with E-state index >= 15 is 0 Å². The second-order valence-corrected chi connectivity index (χ2v) is 2.68. The Morgan fingerprint density at radius 2 is 2.00 bits per heavy atom. The smallest absolute Gasteiger partial charge is 0.316 e. The van der Waals surface area contributed by atoms with Crippen molar-refractivity contribution in [2.24, 2.45) is 0 Å². The topological polar surface area (TPSA) is 99.1 Å². The first kappa shape index (κ1) is 12.1. The number of carbonyl (C=O) groups is 2. The molecule has 0 aliphatic rings. The van der Waals surface area contributed by atoms with Crippen LogP contribution in [0.15, 0.2) is 0 Å². The molecule has 0 aromatic carbocycles. The maximum Gasteiger partial charge on any atom is 0.316 e. The minimum atomic E-state index is -3.06. The van der Waals surface area contributed by atoms with Crippen molar-refractivity contribution in [3.05, 3.63) is 0 Å². The van der Waals surface area contributed by atoms with Gasteiger partial charge < -0.3 is 18.9 Å². The molecule has 0 aromatic rings. The molecule has 76 valence electrons.